The van der Waals surface area contributed by atoms with Gasteiger partial charge in [-0.25, -0.2) is 4.79 Å². The Bertz CT molecular complexity index is 403. The molecule has 0 aliphatic carbocycles. The summed E-state index contributed by atoms with van der Waals surface area (Å²) in [5, 5.41) is 0. The first-order valence-electron chi connectivity index (χ1n) is 5.08. The standard InChI is InChI=1S/C11H13N3O2/c1-8-7-16-11(15)10(12-8)14-13-9-5-3-2-4-6-9/h2-6,8,13H,7H2,1H3,(H,12,14). The zero-order chi connectivity index (χ0) is 11.4. The minimum absolute atomic E-state index is 0.00206. The van der Waals surface area contributed by atoms with Gasteiger partial charge in [0.2, 0.25) is 5.84 Å². The van der Waals surface area contributed by atoms with Crippen molar-refractivity contribution >= 4 is 17.5 Å². The van der Waals surface area contributed by atoms with Gasteiger partial charge in [-0.3, -0.25) is 15.8 Å². The number of amidine groups is 1. The van der Waals surface area contributed by atoms with Gasteiger partial charge in [0.1, 0.15) is 6.61 Å². The number of esters is 1. The van der Waals surface area contributed by atoms with E-state index in [2.05, 4.69) is 15.8 Å². The molecule has 0 saturated carbocycles. The molecule has 1 aliphatic heterocycles. The van der Waals surface area contributed by atoms with Crippen molar-refractivity contribution in [2.45, 2.75) is 13.0 Å². The number of anilines is 1. The first-order valence-corrected chi connectivity index (χ1v) is 5.08. The lowest BCUT2D eigenvalue weighted by Gasteiger charge is -2.18. The molecule has 0 spiro atoms. The molecule has 1 unspecified atom stereocenters. The molecule has 1 heterocycles. The molecule has 0 aromatic heterocycles. The molecule has 0 bridgehead atoms. The number of benzene rings is 1. The fourth-order valence-corrected chi connectivity index (χ4v) is 1.31. The van der Waals surface area contributed by atoms with Crippen molar-refractivity contribution in [2.24, 2.45) is 4.99 Å². The highest BCUT2D eigenvalue weighted by Crippen LogP contribution is 2.04. The van der Waals surface area contributed by atoms with Gasteiger partial charge in [0.15, 0.2) is 0 Å². The van der Waals surface area contributed by atoms with Crippen LogP contribution in [0.4, 0.5) is 5.69 Å². The number of cyclic esters (lactones) is 1. The highest BCUT2D eigenvalue weighted by molar-refractivity contribution is 6.35. The number of rotatable bonds is 2. The summed E-state index contributed by atoms with van der Waals surface area (Å²) in [4.78, 5) is 15.5. The normalized spacial score (nSPS) is 19.7. The predicted octanol–water partition coefficient (Wildman–Crippen LogP) is 0.947. The van der Waals surface area contributed by atoms with Crippen molar-refractivity contribution in [1.29, 1.82) is 0 Å². The number of para-hydroxylation sites is 1. The van der Waals surface area contributed by atoms with Gasteiger partial charge in [0.05, 0.1) is 11.7 Å². The van der Waals surface area contributed by atoms with Crippen molar-refractivity contribution < 1.29 is 9.53 Å². The lowest BCUT2D eigenvalue weighted by molar-refractivity contribution is -0.137. The molecular weight excluding hydrogens is 206 g/mol. The van der Waals surface area contributed by atoms with Crippen LogP contribution in [0.15, 0.2) is 35.3 Å². The van der Waals surface area contributed by atoms with Gasteiger partial charge in [-0.2, -0.15) is 0 Å². The second-order valence-electron chi connectivity index (χ2n) is 3.54. The van der Waals surface area contributed by atoms with Gasteiger partial charge in [0.25, 0.3) is 0 Å². The molecule has 0 saturated heterocycles. The third-order valence-corrected chi connectivity index (χ3v) is 2.10. The van der Waals surface area contributed by atoms with E-state index in [0.717, 1.165) is 5.69 Å². The van der Waals surface area contributed by atoms with E-state index in [0.29, 0.717) is 6.61 Å². The van der Waals surface area contributed by atoms with Crippen LogP contribution in [0, 0.1) is 0 Å². The molecule has 5 nitrogen and oxygen atoms in total. The Morgan fingerprint density at radius 2 is 2.06 bits per heavy atom. The number of nitrogens with zero attached hydrogens (tertiary/aromatic N) is 1. The Kier molecular flexibility index (Phi) is 3.05. The average molecular weight is 219 g/mol. The quantitative estimate of drug-likeness (QED) is 0.574. The first kappa shape index (κ1) is 10.5. The summed E-state index contributed by atoms with van der Waals surface area (Å²) in [6.07, 6.45) is 0. The Hall–Kier alpha value is -2.04. The van der Waals surface area contributed by atoms with Crippen LogP contribution in [0.1, 0.15) is 6.92 Å². The number of carbonyl (C=O) groups is 1. The Morgan fingerprint density at radius 1 is 1.31 bits per heavy atom. The number of hydrogen-bond donors (Lipinski definition) is 2. The van der Waals surface area contributed by atoms with Crippen LogP contribution in [0.3, 0.4) is 0 Å². The van der Waals surface area contributed by atoms with E-state index in [1.165, 1.54) is 0 Å². The summed E-state index contributed by atoms with van der Waals surface area (Å²) >= 11 is 0. The van der Waals surface area contributed by atoms with Crippen LogP contribution < -0.4 is 10.9 Å². The second-order valence-corrected chi connectivity index (χ2v) is 3.54. The number of carbonyl (C=O) groups excluding carboxylic acids is 1. The number of hydrogen-bond acceptors (Lipinski definition) is 5. The highest BCUT2D eigenvalue weighted by Gasteiger charge is 2.20. The SMILES string of the molecule is CC1COC(=O)C(NNc2ccccc2)=N1. The topological polar surface area (TPSA) is 62.7 Å². The van der Waals surface area contributed by atoms with Gasteiger partial charge in [-0.05, 0) is 19.1 Å². The summed E-state index contributed by atoms with van der Waals surface area (Å²) in [5.41, 5.74) is 6.48. The summed E-state index contributed by atoms with van der Waals surface area (Å²) in [7, 11) is 0. The Balaban J connectivity index is 1.97. The van der Waals surface area contributed by atoms with Crippen LogP contribution in [0.5, 0.6) is 0 Å². The average Bonchev–Trinajstić information content (AvgIpc) is 2.32. The molecule has 0 fully saturated rings. The lowest BCUT2D eigenvalue weighted by atomic mass is 10.3. The first-order chi connectivity index (χ1) is 7.75. The molecule has 84 valence electrons. The van der Waals surface area contributed by atoms with E-state index in [-0.39, 0.29) is 11.9 Å². The van der Waals surface area contributed by atoms with E-state index < -0.39 is 5.97 Å². The van der Waals surface area contributed by atoms with E-state index in [4.69, 9.17) is 4.74 Å². The zero-order valence-corrected chi connectivity index (χ0v) is 8.93. The van der Waals surface area contributed by atoms with Crippen LogP contribution in [0.25, 0.3) is 0 Å². The largest absolute Gasteiger partial charge is 0.458 e. The van der Waals surface area contributed by atoms with Gasteiger partial charge < -0.3 is 4.74 Å². The molecule has 1 atom stereocenters. The number of hydrazine groups is 1. The maximum Gasteiger partial charge on any atom is 0.375 e. The van der Waals surface area contributed by atoms with E-state index in [1.54, 1.807) is 0 Å². The molecule has 5 heteroatoms. The minimum atomic E-state index is -0.429. The Morgan fingerprint density at radius 3 is 2.81 bits per heavy atom. The fraction of sp³-hybridized carbons (Fsp3) is 0.273. The maximum absolute atomic E-state index is 11.3. The molecule has 2 rings (SSSR count). The smallest absolute Gasteiger partial charge is 0.375 e. The lowest BCUT2D eigenvalue weighted by Crippen LogP contribution is -2.41. The van der Waals surface area contributed by atoms with E-state index in [9.17, 15) is 4.79 Å². The fourth-order valence-electron chi connectivity index (χ4n) is 1.31. The van der Waals surface area contributed by atoms with Crippen LogP contribution in [-0.2, 0) is 9.53 Å². The molecule has 2 N–H and O–H groups in total. The Labute approximate surface area is 93.5 Å². The van der Waals surface area contributed by atoms with Crippen LogP contribution in [0.2, 0.25) is 0 Å². The summed E-state index contributed by atoms with van der Waals surface area (Å²) < 4.78 is 4.92. The summed E-state index contributed by atoms with van der Waals surface area (Å²) in [6.45, 7) is 2.23. The van der Waals surface area contributed by atoms with Gasteiger partial charge in [-0.15, -0.1) is 0 Å². The third-order valence-electron chi connectivity index (χ3n) is 2.10. The molecule has 1 aliphatic rings. The van der Waals surface area contributed by atoms with Crippen molar-refractivity contribution in [3.05, 3.63) is 30.3 Å². The maximum atomic E-state index is 11.3. The van der Waals surface area contributed by atoms with Gasteiger partial charge in [0, 0.05) is 0 Å². The monoisotopic (exact) mass is 219 g/mol. The molecule has 0 radical (unpaired) electrons. The molecule has 1 aromatic rings. The number of ether oxygens (including phenoxy) is 1. The number of nitrogens with one attached hydrogen (secondary N) is 2. The van der Waals surface area contributed by atoms with Crippen molar-refractivity contribution in [2.75, 3.05) is 12.0 Å². The van der Waals surface area contributed by atoms with Gasteiger partial charge in [-0.1, -0.05) is 18.2 Å². The second kappa shape index (κ2) is 4.65. The van der Waals surface area contributed by atoms with Crippen LogP contribution >= 0.6 is 0 Å². The molecule has 0 amide bonds. The molecular formula is C11H13N3O2. The van der Waals surface area contributed by atoms with Crippen molar-refractivity contribution in [1.82, 2.24) is 5.43 Å². The van der Waals surface area contributed by atoms with Crippen molar-refractivity contribution in [3.8, 4) is 0 Å². The summed E-state index contributed by atoms with van der Waals surface area (Å²) in [6, 6.07) is 9.47. The highest BCUT2D eigenvalue weighted by atomic mass is 16.5. The predicted molar refractivity (Wildman–Crippen MR) is 61.1 cm³/mol. The van der Waals surface area contributed by atoms with Gasteiger partial charge >= 0.3 is 5.97 Å². The third kappa shape index (κ3) is 2.50. The van der Waals surface area contributed by atoms with Crippen molar-refractivity contribution in [3.63, 3.8) is 0 Å². The summed E-state index contributed by atoms with van der Waals surface area (Å²) in [5.74, 6) is -0.218. The van der Waals surface area contributed by atoms with E-state index in [1.807, 2.05) is 37.3 Å². The van der Waals surface area contributed by atoms with E-state index >= 15 is 0 Å². The zero-order valence-electron chi connectivity index (χ0n) is 8.93. The van der Waals surface area contributed by atoms with Crippen LogP contribution in [-0.4, -0.2) is 24.5 Å². The number of aliphatic imine (C=N–C) groups is 1. The molecule has 1 aromatic carbocycles. The molecule has 16 heavy (non-hydrogen) atoms. The minimum Gasteiger partial charge on any atom is -0.458 e.